The molecule has 0 aliphatic heterocycles. The van der Waals surface area contributed by atoms with Gasteiger partial charge in [0, 0.05) is 20.2 Å². The van der Waals surface area contributed by atoms with Gasteiger partial charge >= 0.3 is 0 Å². The molecule has 2 rings (SSSR count). The van der Waals surface area contributed by atoms with Crippen LogP contribution in [0.2, 0.25) is 0 Å². The van der Waals surface area contributed by atoms with Gasteiger partial charge in [0.15, 0.2) is 5.03 Å². The van der Waals surface area contributed by atoms with Crippen LogP contribution in [0.15, 0.2) is 41.6 Å². The van der Waals surface area contributed by atoms with E-state index in [4.69, 9.17) is 0 Å². The van der Waals surface area contributed by atoms with Gasteiger partial charge in [-0.15, -0.1) is 0 Å². The summed E-state index contributed by atoms with van der Waals surface area (Å²) in [5, 5.41) is 13.3. The van der Waals surface area contributed by atoms with E-state index in [1.165, 1.54) is 36.1 Å². The number of anilines is 1. The fourth-order valence-electron chi connectivity index (χ4n) is 1.58. The van der Waals surface area contributed by atoms with E-state index in [1.54, 1.807) is 19.2 Å². The van der Waals surface area contributed by atoms with Crippen LogP contribution in [-0.4, -0.2) is 30.4 Å². The van der Waals surface area contributed by atoms with Crippen molar-refractivity contribution in [2.24, 2.45) is 7.05 Å². The molecule has 0 amide bonds. The first-order valence-electron chi connectivity index (χ1n) is 5.19. The van der Waals surface area contributed by atoms with Gasteiger partial charge in [0.1, 0.15) is 5.75 Å². The number of rotatable bonds is 3. The Morgan fingerprint density at radius 1 is 1.33 bits per heavy atom. The number of benzene rings is 1. The molecule has 0 fully saturated rings. The van der Waals surface area contributed by atoms with Crippen LogP contribution in [0.5, 0.6) is 5.75 Å². The molecular weight excluding hydrogens is 254 g/mol. The number of phenols is 1. The van der Waals surface area contributed by atoms with E-state index >= 15 is 0 Å². The lowest BCUT2D eigenvalue weighted by atomic mass is 10.3. The third-order valence-electron chi connectivity index (χ3n) is 2.59. The SMILES string of the molecule is CN(c1cccc(O)c1)S(=O)(=O)c1ccnn1C. The fourth-order valence-corrected chi connectivity index (χ4v) is 2.87. The topological polar surface area (TPSA) is 75.4 Å². The molecule has 1 N–H and O–H groups in total. The summed E-state index contributed by atoms with van der Waals surface area (Å²) in [5.41, 5.74) is 0.385. The first-order chi connectivity index (χ1) is 8.43. The molecule has 0 bridgehead atoms. The largest absolute Gasteiger partial charge is 0.508 e. The lowest BCUT2D eigenvalue weighted by Crippen LogP contribution is -2.28. The number of aromatic hydroxyl groups is 1. The molecule has 6 nitrogen and oxygen atoms in total. The number of sulfonamides is 1. The van der Waals surface area contributed by atoms with E-state index < -0.39 is 10.0 Å². The zero-order valence-corrected chi connectivity index (χ0v) is 10.8. The van der Waals surface area contributed by atoms with Crippen molar-refractivity contribution >= 4 is 15.7 Å². The van der Waals surface area contributed by atoms with Crippen LogP contribution < -0.4 is 4.31 Å². The van der Waals surface area contributed by atoms with Gasteiger partial charge in [-0.1, -0.05) is 6.07 Å². The quantitative estimate of drug-likeness (QED) is 0.898. The smallest absolute Gasteiger partial charge is 0.281 e. The number of phenolic OH excluding ortho intramolecular Hbond substituents is 1. The van der Waals surface area contributed by atoms with Crippen LogP contribution in [-0.2, 0) is 17.1 Å². The number of hydrogen-bond donors (Lipinski definition) is 1. The standard InChI is InChI=1S/C11H13N3O3S/c1-13-11(6-7-12-13)18(16,17)14(2)9-4-3-5-10(15)8-9/h3-8,15H,1-2H3. The minimum absolute atomic E-state index is 0.0135. The highest BCUT2D eigenvalue weighted by molar-refractivity contribution is 7.92. The maximum absolute atomic E-state index is 12.3. The molecule has 0 aliphatic carbocycles. The van der Waals surface area contributed by atoms with Crippen molar-refractivity contribution in [1.29, 1.82) is 0 Å². The van der Waals surface area contributed by atoms with Gasteiger partial charge in [0.2, 0.25) is 0 Å². The van der Waals surface area contributed by atoms with Crippen LogP contribution in [0.25, 0.3) is 0 Å². The molecule has 0 saturated carbocycles. The Morgan fingerprint density at radius 3 is 2.61 bits per heavy atom. The average molecular weight is 267 g/mol. The molecule has 1 aromatic carbocycles. The lowest BCUT2D eigenvalue weighted by Gasteiger charge is -2.19. The van der Waals surface area contributed by atoms with Crippen molar-refractivity contribution in [3.63, 3.8) is 0 Å². The van der Waals surface area contributed by atoms with Crippen LogP contribution >= 0.6 is 0 Å². The molecule has 0 atom stereocenters. The second kappa shape index (κ2) is 4.34. The predicted molar refractivity (Wildman–Crippen MR) is 66.9 cm³/mol. The van der Waals surface area contributed by atoms with Gasteiger partial charge < -0.3 is 5.11 Å². The minimum atomic E-state index is -3.67. The number of aryl methyl sites for hydroxylation is 1. The zero-order valence-electron chi connectivity index (χ0n) is 9.98. The van der Waals surface area contributed by atoms with Gasteiger partial charge in [-0.05, 0) is 18.2 Å². The molecular formula is C11H13N3O3S. The van der Waals surface area contributed by atoms with E-state index in [1.807, 2.05) is 0 Å². The Kier molecular flexibility index (Phi) is 3.00. The van der Waals surface area contributed by atoms with Crippen molar-refractivity contribution in [3.8, 4) is 5.75 Å². The summed E-state index contributed by atoms with van der Waals surface area (Å²) in [7, 11) is -0.687. The molecule has 0 saturated heterocycles. The summed E-state index contributed by atoms with van der Waals surface area (Å²) in [6.07, 6.45) is 1.42. The average Bonchev–Trinajstić information content (AvgIpc) is 2.75. The van der Waals surface area contributed by atoms with Gasteiger partial charge in [-0.2, -0.15) is 13.5 Å². The highest BCUT2D eigenvalue weighted by atomic mass is 32.2. The Bertz CT molecular complexity index is 664. The minimum Gasteiger partial charge on any atom is -0.508 e. The molecule has 0 radical (unpaired) electrons. The predicted octanol–water partition coefficient (Wildman–Crippen LogP) is 0.951. The normalized spacial score (nSPS) is 11.4. The Hall–Kier alpha value is -2.02. The summed E-state index contributed by atoms with van der Waals surface area (Å²) in [6, 6.07) is 7.48. The number of nitrogens with zero attached hydrogens (tertiary/aromatic N) is 3. The molecule has 7 heteroatoms. The monoisotopic (exact) mass is 267 g/mol. The Labute approximate surface area is 105 Å². The van der Waals surface area contributed by atoms with Gasteiger partial charge in [0.05, 0.1) is 11.9 Å². The van der Waals surface area contributed by atoms with Crippen molar-refractivity contribution in [2.45, 2.75) is 5.03 Å². The fraction of sp³-hybridized carbons (Fsp3) is 0.182. The Balaban J connectivity index is 2.46. The Morgan fingerprint density at radius 2 is 2.06 bits per heavy atom. The molecule has 1 heterocycles. The summed E-state index contributed by atoms with van der Waals surface area (Å²) >= 11 is 0. The van der Waals surface area contributed by atoms with Gasteiger partial charge in [-0.25, -0.2) is 0 Å². The van der Waals surface area contributed by atoms with E-state index in [2.05, 4.69) is 5.10 Å². The second-order valence-corrected chi connectivity index (χ2v) is 5.70. The van der Waals surface area contributed by atoms with Crippen LogP contribution in [0.3, 0.4) is 0 Å². The zero-order chi connectivity index (χ0) is 13.3. The van der Waals surface area contributed by atoms with Crippen LogP contribution in [0, 0.1) is 0 Å². The van der Waals surface area contributed by atoms with E-state index in [-0.39, 0.29) is 10.8 Å². The van der Waals surface area contributed by atoms with E-state index in [0.29, 0.717) is 5.69 Å². The van der Waals surface area contributed by atoms with Gasteiger partial charge in [-0.3, -0.25) is 8.99 Å². The third-order valence-corrected chi connectivity index (χ3v) is 4.45. The maximum Gasteiger partial charge on any atom is 0.281 e. The molecule has 18 heavy (non-hydrogen) atoms. The van der Waals surface area contributed by atoms with E-state index in [0.717, 1.165) is 4.31 Å². The van der Waals surface area contributed by atoms with Crippen molar-refractivity contribution in [2.75, 3.05) is 11.4 Å². The third kappa shape index (κ3) is 2.04. The molecule has 0 unspecified atom stereocenters. The van der Waals surface area contributed by atoms with Crippen molar-refractivity contribution in [3.05, 3.63) is 36.5 Å². The number of aromatic nitrogens is 2. The first kappa shape index (κ1) is 12.4. The van der Waals surface area contributed by atoms with Gasteiger partial charge in [0.25, 0.3) is 10.0 Å². The molecule has 0 aliphatic rings. The maximum atomic E-state index is 12.3. The number of hydrogen-bond acceptors (Lipinski definition) is 4. The van der Waals surface area contributed by atoms with Crippen LogP contribution in [0.1, 0.15) is 0 Å². The molecule has 1 aromatic heterocycles. The van der Waals surface area contributed by atoms with Crippen LogP contribution in [0.4, 0.5) is 5.69 Å². The summed E-state index contributed by atoms with van der Waals surface area (Å²) in [6.45, 7) is 0. The highest BCUT2D eigenvalue weighted by Crippen LogP contribution is 2.24. The summed E-state index contributed by atoms with van der Waals surface area (Å²) < 4.78 is 27.0. The summed E-state index contributed by atoms with van der Waals surface area (Å²) in [5.74, 6) is 0.0135. The highest BCUT2D eigenvalue weighted by Gasteiger charge is 2.24. The molecule has 96 valence electrons. The second-order valence-electron chi connectivity index (χ2n) is 3.79. The molecule has 0 spiro atoms. The molecule has 2 aromatic rings. The first-order valence-corrected chi connectivity index (χ1v) is 6.63. The van der Waals surface area contributed by atoms with Crippen molar-refractivity contribution < 1.29 is 13.5 Å². The van der Waals surface area contributed by atoms with Crippen molar-refractivity contribution in [1.82, 2.24) is 9.78 Å². The van der Waals surface area contributed by atoms with E-state index in [9.17, 15) is 13.5 Å². The lowest BCUT2D eigenvalue weighted by molar-refractivity contribution is 0.475. The summed E-state index contributed by atoms with van der Waals surface area (Å²) in [4.78, 5) is 0.